The maximum Gasteiger partial charge on any atom is 0.303 e. The van der Waals surface area contributed by atoms with Gasteiger partial charge in [0.2, 0.25) is 0 Å². The lowest BCUT2D eigenvalue weighted by atomic mass is 9.86. The molecule has 2 aromatic rings. The molecule has 0 N–H and O–H groups in total. The summed E-state index contributed by atoms with van der Waals surface area (Å²) in [5.41, 5.74) is 3.12. The molecule has 4 rings (SSSR count). The van der Waals surface area contributed by atoms with Crippen LogP contribution in [0, 0.1) is 0 Å². The second-order valence-electron chi connectivity index (χ2n) is 9.63. The fourth-order valence-corrected chi connectivity index (χ4v) is 5.38. The van der Waals surface area contributed by atoms with E-state index in [0.29, 0.717) is 35.8 Å². The quantitative estimate of drug-likeness (QED) is 0.341. The van der Waals surface area contributed by atoms with Crippen molar-refractivity contribution in [3.63, 3.8) is 0 Å². The van der Waals surface area contributed by atoms with Crippen molar-refractivity contribution in [2.75, 3.05) is 13.2 Å². The Labute approximate surface area is 236 Å². The van der Waals surface area contributed by atoms with Crippen molar-refractivity contribution >= 4 is 35.5 Å². The molecule has 0 saturated carbocycles. The Balaban J connectivity index is 1.85. The van der Waals surface area contributed by atoms with Gasteiger partial charge in [0.25, 0.3) is 0 Å². The van der Waals surface area contributed by atoms with Crippen molar-refractivity contribution in [2.24, 2.45) is 0 Å². The third-order valence-electron chi connectivity index (χ3n) is 6.57. The highest BCUT2D eigenvalue weighted by Gasteiger charge is 2.53. The standard InChI is InChI=1S/C29H31ClO10/c1-15(31)36-14-23-27(37-16(2)32)29(39-18(4)34)28(38-17(3)33)26(40-23)22-13-20(12-19-8-6-5-7-9-19)24(30)25-21(22)10-11-35-25/h5-9,13,23,26-29H,10-12,14H2,1-4H3/t23-,26+,27+,28-,29-/m0/s1. The maximum atomic E-state index is 12.3. The summed E-state index contributed by atoms with van der Waals surface area (Å²) < 4.78 is 34.3. The second kappa shape index (κ2) is 12.7. The molecular weight excluding hydrogens is 544 g/mol. The Morgan fingerprint density at radius 1 is 0.875 bits per heavy atom. The molecule has 0 aromatic heterocycles. The van der Waals surface area contributed by atoms with Crippen LogP contribution in [0.15, 0.2) is 36.4 Å². The fraction of sp³-hybridized carbons (Fsp3) is 0.448. The van der Waals surface area contributed by atoms with Crippen molar-refractivity contribution in [3.8, 4) is 5.75 Å². The fourth-order valence-electron chi connectivity index (χ4n) is 5.09. The highest BCUT2D eigenvalue weighted by Crippen LogP contribution is 2.46. The molecule has 0 unspecified atom stereocenters. The molecule has 214 valence electrons. The van der Waals surface area contributed by atoms with Crippen LogP contribution in [0.3, 0.4) is 0 Å². The third-order valence-corrected chi connectivity index (χ3v) is 6.98. The lowest BCUT2D eigenvalue weighted by Gasteiger charge is -2.45. The molecule has 11 heteroatoms. The number of hydrogen-bond acceptors (Lipinski definition) is 10. The van der Waals surface area contributed by atoms with Crippen molar-refractivity contribution in [2.45, 2.75) is 71.1 Å². The molecule has 0 amide bonds. The van der Waals surface area contributed by atoms with Crippen LogP contribution < -0.4 is 4.74 Å². The smallest absolute Gasteiger partial charge is 0.303 e. The number of esters is 4. The topological polar surface area (TPSA) is 124 Å². The molecule has 0 radical (unpaired) electrons. The minimum absolute atomic E-state index is 0.308. The number of hydrogen-bond donors (Lipinski definition) is 0. The summed E-state index contributed by atoms with van der Waals surface area (Å²) in [6, 6.07) is 11.6. The molecule has 0 bridgehead atoms. The molecule has 40 heavy (non-hydrogen) atoms. The van der Waals surface area contributed by atoms with E-state index in [1.54, 1.807) is 0 Å². The Morgan fingerprint density at radius 2 is 1.50 bits per heavy atom. The summed E-state index contributed by atoms with van der Waals surface area (Å²) >= 11 is 6.79. The molecule has 10 nitrogen and oxygen atoms in total. The number of carbonyl (C=O) groups excluding carboxylic acids is 4. The maximum absolute atomic E-state index is 12.3. The highest BCUT2D eigenvalue weighted by atomic mass is 35.5. The molecule has 1 fully saturated rings. The summed E-state index contributed by atoms with van der Waals surface area (Å²) in [6.45, 7) is 4.88. The molecule has 5 atom stereocenters. The van der Waals surface area contributed by atoms with Gasteiger partial charge in [0.05, 0.1) is 11.6 Å². The Kier molecular flexibility index (Phi) is 9.32. The summed E-state index contributed by atoms with van der Waals surface area (Å²) in [4.78, 5) is 48.2. The van der Waals surface area contributed by atoms with Gasteiger partial charge in [0, 0.05) is 39.7 Å². The number of fused-ring (bicyclic) bond motifs is 1. The summed E-state index contributed by atoms with van der Waals surface area (Å²) in [5, 5.41) is 0.464. The predicted octanol–water partition coefficient (Wildman–Crippen LogP) is 3.66. The normalized spacial score (nSPS) is 23.4. The Hall–Kier alpha value is -3.63. The van der Waals surface area contributed by atoms with E-state index in [4.69, 9.17) is 40.0 Å². The third kappa shape index (κ3) is 6.74. The van der Waals surface area contributed by atoms with Crippen LogP contribution in [0.4, 0.5) is 0 Å². The SMILES string of the molecule is CC(=O)OC[C@@H]1O[C@H](c2cc(Cc3ccccc3)c(Cl)c3c2CCO3)[C@H](OC(C)=O)[C@@H](OC(C)=O)[C@@H]1OC(C)=O. The zero-order valence-electron chi connectivity index (χ0n) is 22.6. The largest absolute Gasteiger partial charge is 0.491 e. The molecule has 2 aliphatic heterocycles. The van der Waals surface area contributed by atoms with E-state index in [2.05, 4.69) is 0 Å². The molecular formula is C29H31ClO10. The van der Waals surface area contributed by atoms with Crippen molar-refractivity contribution in [1.29, 1.82) is 0 Å². The average molecular weight is 575 g/mol. The summed E-state index contributed by atoms with van der Waals surface area (Å²) in [7, 11) is 0. The first-order valence-corrected chi connectivity index (χ1v) is 13.2. The minimum Gasteiger partial charge on any atom is -0.491 e. The van der Waals surface area contributed by atoms with E-state index in [9.17, 15) is 19.2 Å². The average Bonchev–Trinajstić information content (AvgIpc) is 3.37. The number of benzene rings is 2. The van der Waals surface area contributed by atoms with E-state index in [0.717, 1.165) is 16.7 Å². The van der Waals surface area contributed by atoms with Gasteiger partial charge in [-0.25, -0.2) is 0 Å². The van der Waals surface area contributed by atoms with Gasteiger partial charge in [-0.15, -0.1) is 0 Å². The Bertz CT molecular complexity index is 1280. The van der Waals surface area contributed by atoms with Crippen LogP contribution in [0.2, 0.25) is 5.02 Å². The summed E-state index contributed by atoms with van der Waals surface area (Å²) in [6.07, 6.45) is -4.80. The van der Waals surface area contributed by atoms with Crippen molar-refractivity contribution in [3.05, 3.63) is 63.7 Å². The molecule has 0 spiro atoms. The first-order chi connectivity index (χ1) is 19.0. The Morgan fingerprint density at radius 3 is 2.12 bits per heavy atom. The zero-order valence-corrected chi connectivity index (χ0v) is 23.4. The summed E-state index contributed by atoms with van der Waals surface area (Å²) in [5.74, 6) is -2.14. The van der Waals surface area contributed by atoms with Crippen molar-refractivity contribution in [1.82, 2.24) is 0 Å². The van der Waals surface area contributed by atoms with Gasteiger partial charge in [-0.3, -0.25) is 19.2 Å². The van der Waals surface area contributed by atoms with Gasteiger partial charge in [-0.1, -0.05) is 48.0 Å². The van der Waals surface area contributed by atoms with Gasteiger partial charge in [-0.05, 0) is 23.1 Å². The number of ether oxygens (including phenoxy) is 6. The molecule has 1 saturated heterocycles. The van der Waals surface area contributed by atoms with Gasteiger partial charge < -0.3 is 28.4 Å². The van der Waals surface area contributed by atoms with E-state index in [-0.39, 0.29) is 6.61 Å². The lowest BCUT2D eigenvalue weighted by Crippen LogP contribution is -2.59. The van der Waals surface area contributed by atoms with Crippen LogP contribution in [0.5, 0.6) is 5.75 Å². The van der Waals surface area contributed by atoms with Gasteiger partial charge in [-0.2, -0.15) is 0 Å². The van der Waals surface area contributed by atoms with Gasteiger partial charge in [0.15, 0.2) is 18.3 Å². The number of carbonyl (C=O) groups is 4. The monoisotopic (exact) mass is 574 g/mol. The number of rotatable bonds is 8. The zero-order chi connectivity index (χ0) is 29.0. The predicted molar refractivity (Wildman–Crippen MR) is 141 cm³/mol. The van der Waals surface area contributed by atoms with Gasteiger partial charge in [0.1, 0.15) is 24.6 Å². The lowest BCUT2D eigenvalue weighted by molar-refractivity contribution is -0.254. The van der Waals surface area contributed by atoms with Gasteiger partial charge >= 0.3 is 23.9 Å². The van der Waals surface area contributed by atoms with E-state index >= 15 is 0 Å². The molecule has 2 aromatic carbocycles. The van der Waals surface area contributed by atoms with Crippen molar-refractivity contribution < 1.29 is 47.6 Å². The molecule has 2 aliphatic rings. The molecule has 2 heterocycles. The second-order valence-corrected chi connectivity index (χ2v) is 10.0. The first-order valence-electron chi connectivity index (χ1n) is 12.9. The van der Waals surface area contributed by atoms with Crippen LogP contribution >= 0.6 is 11.6 Å². The minimum atomic E-state index is -1.27. The first kappa shape index (κ1) is 29.4. The van der Waals surface area contributed by atoms with Crippen LogP contribution in [-0.4, -0.2) is 61.5 Å². The van der Waals surface area contributed by atoms with Crippen LogP contribution in [0.25, 0.3) is 0 Å². The van der Waals surface area contributed by atoms with Crippen LogP contribution in [-0.2, 0) is 55.7 Å². The highest BCUT2D eigenvalue weighted by molar-refractivity contribution is 6.33. The van der Waals surface area contributed by atoms with Crippen LogP contribution in [0.1, 0.15) is 56.1 Å². The van der Waals surface area contributed by atoms with E-state index < -0.39 is 54.4 Å². The van der Waals surface area contributed by atoms with E-state index in [1.165, 1.54) is 27.7 Å². The van der Waals surface area contributed by atoms with E-state index in [1.807, 2.05) is 36.4 Å². The number of halogens is 1. The molecule has 0 aliphatic carbocycles.